The summed E-state index contributed by atoms with van der Waals surface area (Å²) in [6.45, 7) is 6.67. The first-order valence-corrected chi connectivity index (χ1v) is 6.74. The summed E-state index contributed by atoms with van der Waals surface area (Å²) in [5.74, 6) is 0. The van der Waals surface area contributed by atoms with Crippen molar-refractivity contribution in [2.75, 3.05) is 20.1 Å². The van der Waals surface area contributed by atoms with E-state index in [-0.39, 0.29) is 0 Å². The highest BCUT2D eigenvalue weighted by atomic mass is 16.5. The fourth-order valence-electron chi connectivity index (χ4n) is 2.71. The molecule has 2 rings (SSSR count). The first-order valence-electron chi connectivity index (χ1n) is 6.74. The summed E-state index contributed by atoms with van der Waals surface area (Å²) in [7, 11) is 2.24. The Hall–Kier alpha value is -0.120. The number of likely N-dealkylation sites (N-methyl/N-ethyl adjacent to an activating group) is 1. The zero-order valence-electron chi connectivity index (χ0n) is 10.9. The molecule has 3 nitrogen and oxygen atoms in total. The molecule has 2 aliphatic rings. The molecule has 0 aromatic carbocycles. The van der Waals surface area contributed by atoms with E-state index in [1.807, 2.05) is 0 Å². The van der Waals surface area contributed by atoms with Crippen molar-refractivity contribution in [3.05, 3.63) is 0 Å². The SMILES string of the molecule is CC1CC(NCCN(C)C2CC2)CC(C)O1. The van der Waals surface area contributed by atoms with Crippen LogP contribution >= 0.6 is 0 Å². The normalized spacial score (nSPS) is 35.6. The smallest absolute Gasteiger partial charge is 0.0565 e. The lowest BCUT2D eigenvalue weighted by molar-refractivity contribution is -0.0421. The first kappa shape index (κ1) is 12.3. The van der Waals surface area contributed by atoms with Crippen molar-refractivity contribution in [1.82, 2.24) is 10.2 Å². The fraction of sp³-hybridized carbons (Fsp3) is 1.00. The maximum atomic E-state index is 5.74. The van der Waals surface area contributed by atoms with E-state index in [0.717, 1.165) is 25.4 Å². The molecular formula is C13H26N2O. The van der Waals surface area contributed by atoms with Crippen molar-refractivity contribution < 1.29 is 4.74 Å². The number of nitrogens with zero attached hydrogens (tertiary/aromatic N) is 1. The lowest BCUT2D eigenvalue weighted by Gasteiger charge is -2.33. The Bertz CT molecular complexity index is 208. The molecule has 0 radical (unpaired) electrons. The van der Waals surface area contributed by atoms with Crippen molar-refractivity contribution in [1.29, 1.82) is 0 Å². The predicted octanol–water partition coefficient (Wildman–Crippen LogP) is 1.63. The Morgan fingerprint density at radius 1 is 1.19 bits per heavy atom. The Kier molecular flexibility index (Phi) is 4.22. The van der Waals surface area contributed by atoms with Gasteiger partial charge in [0.2, 0.25) is 0 Å². The quantitative estimate of drug-likeness (QED) is 0.771. The van der Waals surface area contributed by atoms with E-state index in [2.05, 4.69) is 31.1 Å². The minimum atomic E-state index is 0.419. The van der Waals surface area contributed by atoms with E-state index in [4.69, 9.17) is 4.74 Å². The Morgan fingerprint density at radius 2 is 1.81 bits per heavy atom. The van der Waals surface area contributed by atoms with Gasteiger partial charge in [-0.25, -0.2) is 0 Å². The molecular weight excluding hydrogens is 200 g/mol. The molecule has 1 heterocycles. The summed E-state index contributed by atoms with van der Waals surface area (Å²) in [6, 6.07) is 1.54. The molecule has 0 aromatic heterocycles. The molecule has 0 amide bonds. The van der Waals surface area contributed by atoms with Crippen LogP contribution in [0.25, 0.3) is 0 Å². The molecule has 2 unspecified atom stereocenters. The lowest BCUT2D eigenvalue weighted by atomic mass is 10.00. The third-order valence-electron chi connectivity index (χ3n) is 3.77. The van der Waals surface area contributed by atoms with E-state index in [1.54, 1.807) is 0 Å². The van der Waals surface area contributed by atoms with Crippen LogP contribution in [0.5, 0.6) is 0 Å². The van der Waals surface area contributed by atoms with E-state index < -0.39 is 0 Å². The number of hydrogen-bond acceptors (Lipinski definition) is 3. The summed E-state index contributed by atoms with van der Waals surface area (Å²) < 4.78 is 5.74. The van der Waals surface area contributed by atoms with Crippen molar-refractivity contribution in [3.63, 3.8) is 0 Å². The van der Waals surface area contributed by atoms with Crippen molar-refractivity contribution >= 4 is 0 Å². The minimum Gasteiger partial charge on any atom is -0.375 e. The Morgan fingerprint density at radius 3 is 2.38 bits per heavy atom. The maximum absolute atomic E-state index is 5.74. The van der Waals surface area contributed by atoms with E-state index >= 15 is 0 Å². The van der Waals surface area contributed by atoms with Crippen molar-refractivity contribution in [2.45, 2.75) is 63.8 Å². The zero-order valence-corrected chi connectivity index (χ0v) is 10.9. The number of ether oxygens (including phenoxy) is 1. The van der Waals surface area contributed by atoms with Crippen LogP contribution in [-0.4, -0.2) is 49.3 Å². The second kappa shape index (κ2) is 5.48. The molecule has 1 aliphatic carbocycles. The monoisotopic (exact) mass is 226 g/mol. The molecule has 0 aromatic rings. The van der Waals surface area contributed by atoms with E-state index in [0.29, 0.717) is 18.2 Å². The molecule has 0 bridgehead atoms. The second-order valence-electron chi connectivity index (χ2n) is 5.59. The van der Waals surface area contributed by atoms with Gasteiger partial charge >= 0.3 is 0 Å². The molecule has 16 heavy (non-hydrogen) atoms. The third kappa shape index (κ3) is 3.72. The summed E-state index contributed by atoms with van der Waals surface area (Å²) in [4.78, 5) is 2.49. The summed E-state index contributed by atoms with van der Waals surface area (Å²) in [5, 5.41) is 3.67. The van der Waals surface area contributed by atoms with Crippen LogP contribution in [0, 0.1) is 0 Å². The van der Waals surface area contributed by atoms with Gasteiger partial charge in [0.25, 0.3) is 0 Å². The molecule has 3 heteroatoms. The standard InChI is InChI=1S/C13H26N2O/c1-10-8-12(9-11(2)16-10)14-6-7-15(3)13-4-5-13/h10-14H,4-9H2,1-3H3. The molecule has 94 valence electrons. The molecule has 1 saturated carbocycles. The topological polar surface area (TPSA) is 24.5 Å². The van der Waals surface area contributed by atoms with Crippen LogP contribution in [0.3, 0.4) is 0 Å². The average molecular weight is 226 g/mol. The highest BCUT2D eigenvalue weighted by Gasteiger charge is 2.26. The van der Waals surface area contributed by atoms with Gasteiger partial charge in [0.05, 0.1) is 12.2 Å². The van der Waals surface area contributed by atoms with Crippen molar-refractivity contribution in [3.8, 4) is 0 Å². The minimum absolute atomic E-state index is 0.419. The van der Waals surface area contributed by atoms with Crippen LogP contribution < -0.4 is 5.32 Å². The largest absolute Gasteiger partial charge is 0.375 e. The van der Waals surface area contributed by atoms with Crippen LogP contribution in [0.1, 0.15) is 39.5 Å². The summed E-state index contributed by atoms with van der Waals surface area (Å²) in [6.07, 6.45) is 5.98. The zero-order chi connectivity index (χ0) is 11.5. The van der Waals surface area contributed by atoms with Gasteiger partial charge in [0.15, 0.2) is 0 Å². The van der Waals surface area contributed by atoms with Gasteiger partial charge in [0, 0.05) is 25.2 Å². The van der Waals surface area contributed by atoms with Gasteiger partial charge in [-0.15, -0.1) is 0 Å². The van der Waals surface area contributed by atoms with Crippen LogP contribution in [0.15, 0.2) is 0 Å². The molecule has 0 spiro atoms. The third-order valence-corrected chi connectivity index (χ3v) is 3.77. The van der Waals surface area contributed by atoms with Crippen molar-refractivity contribution in [2.24, 2.45) is 0 Å². The Labute approximate surface area is 99.5 Å². The van der Waals surface area contributed by atoms with Gasteiger partial charge in [-0.3, -0.25) is 0 Å². The molecule has 1 aliphatic heterocycles. The van der Waals surface area contributed by atoms with E-state index in [1.165, 1.54) is 19.4 Å². The van der Waals surface area contributed by atoms with Crippen LogP contribution in [0.4, 0.5) is 0 Å². The summed E-state index contributed by atoms with van der Waals surface area (Å²) in [5.41, 5.74) is 0. The van der Waals surface area contributed by atoms with Crippen LogP contribution in [0.2, 0.25) is 0 Å². The highest BCUT2D eigenvalue weighted by Crippen LogP contribution is 2.24. The number of nitrogens with one attached hydrogen (secondary N) is 1. The van der Waals surface area contributed by atoms with E-state index in [9.17, 15) is 0 Å². The van der Waals surface area contributed by atoms with Gasteiger partial charge < -0.3 is 15.0 Å². The van der Waals surface area contributed by atoms with Gasteiger partial charge in [0.1, 0.15) is 0 Å². The van der Waals surface area contributed by atoms with Gasteiger partial charge in [-0.05, 0) is 46.6 Å². The average Bonchev–Trinajstić information content (AvgIpc) is 2.98. The number of hydrogen-bond donors (Lipinski definition) is 1. The maximum Gasteiger partial charge on any atom is 0.0565 e. The molecule has 2 atom stereocenters. The predicted molar refractivity (Wildman–Crippen MR) is 66.7 cm³/mol. The highest BCUT2D eigenvalue weighted by molar-refractivity contribution is 4.83. The lowest BCUT2D eigenvalue weighted by Crippen LogP contribution is -2.43. The fourth-order valence-corrected chi connectivity index (χ4v) is 2.71. The van der Waals surface area contributed by atoms with Gasteiger partial charge in [-0.2, -0.15) is 0 Å². The first-order chi connectivity index (χ1) is 7.65. The molecule has 1 saturated heterocycles. The van der Waals surface area contributed by atoms with Gasteiger partial charge in [-0.1, -0.05) is 0 Å². The number of rotatable bonds is 5. The molecule has 2 fully saturated rings. The molecule has 1 N–H and O–H groups in total. The second-order valence-corrected chi connectivity index (χ2v) is 5.59. The Balaban J connectivity index is 1.61. The van der Waals surface area contributed by atoms with Crippen LogP contribution in [-0.2, 0) is 4.74 Å². The summed E-state index contributed by atoms with van der Waals surface area (Å²) >= 11 is 0.